The Morgan fingerprint density at radius 2 is 1.77 bits per heavy atom. The van der Waals surface area contributed by atoms with Gasteiger partial charge in [-0.2, -0.15) is 0 Å². The van der Waals surface area contributed by atoms with E-state index in [0.717, 1.165) is 50.5 Å². The highest BCUT2D eigenvalue weighted by Crippen LogP contribution is 2.22. The van der Waals surface area contributed by atoms with Crippen molar-refractivity contribution in [2.75, 3.05) is 26.2 Å². The van der Waals surface area contributed by atoms with Crippen molar-refractivity contribution < 1.29 is 5.11 Å². The number of likely N-dealkylation sites (tertiary alicyclic amines) is 2. The summed E-state index contributed by atoms with van der Waals surface area (Å²) in [6, 6.07) is 0.351. The smallest absolute Gasteiger partial charge is 0.125 e. The molecule has 2 fully saturated rings. The second-order valence-corrected chi connectivity index (χ2v) is 6.75. The molecule has 0 bridgehead atoms. The number of aliphatic hydroxyl groups is 1. The van der Waals surface area contributed by atoms with E-state index in [9.17, 15) is 5.11 Å². The number of β-amino-alcohol motifs (C(OH)–C–C–N with tert-alkyl or cyclic N) is 1. The summed E-state index contributed by atoms with van der Waals surface area (Å²) in [5.41, 5.74) is 1.13. The minimum atomic E-state index is -0.238. The Morgan fingerprint density at radius 3 is 2.41 bits per heavy atom. The third-order valence-electron chi connectivity index (χ3n) is 4.98. The Kier molecular flexibility index (Phi) is 5.39. The van der Waals surface area contributed by atoms with Crippen molar-refractivity contribution in [2.45, 2.75) is 57.7 Å². The maximum Gasteiger partial charge on any atom is 0.125 e. The lowest BCUT2D eigenvalue weighted by Crippen LogP contribution is -2.54. The predicted molar refractivity (Wildman–Crippen MR) is 86.5 cm³/mol. The number of hydrogen-bond donors (Lipinski definition) is 1. The molecule has 5 nitrogen and oxygen atoms in total. The fourth-order valence-electron chi connectivity index (χ4n) is 3.74. The summed E-state index contributed by atoms with van der Waals surface area (Å²) in [4.78, 5) is 13.4. The van der Waals surface area contributed by atoms with Gasteiger partial charge >= 0.3 is 0 Å². The van der Waals surface area contributed by atoms with Crippen LogP contribution in [0.4, 0.5) is 0 Å². The standard InChI is InChI=1S/C17H28N4O/c1-14-18-10-15(11-19-14)12-20-9-6-16(17(22)13-20)21-7-4-2-3-5-8-21/h10-11,16-17,22H,2-9,12-13H2,1H3/t16-,17-/m1/s1. The molecule has 0 aliphatic carbocycles. The van der Waals surface area contributed by atoms with Gasteiger partial charge in [0, 0.05) is 43.6 Å². The van der Waals surface area contributed by atoms with Crippen LogP contribution < -0.4 is 0 Å². The summed E-state index contributed by atoms with van der Waals surface area (Å²) in [6.07, 6.45) is 9.89. The van der Waals surface area contributed by atoms with Gasteiger partial charge in [-0.25, -0.2) is 9.97 Å². The number of nitrogens with zero attached hydrogens (tertiary/aromatic N) is 4. The molecule has 0 spiro atoms. The number of hydrogen-bond acceptors (Lipinski definition) is 5. The molecule has 2 aliphatic rings. The topological polar surface area (TPSA) is 52.5 Å². The third-order valence-corrected chi connectivity index (χ3v) is 4.98. The summed E-state index contributed by atoms with van der Waals surface area (Å²) < 4.78 is 0. The summed E-state index contributed by atoms with van der Waals surface area (Å²) in [7, 11) is 0. The molecule has 1 aromatic heterocycles. The van der Waals surface area contributed by atoms with E-state index in [1.54, 1.807) is 0 Å². The molecule has 0 saturated carbocycles. The van der Waals surface area contributed by atoms with Crippen LogP contribution in [0.15, 0.2) is 12.4 Å². The molecule has 2 aliphatic heterocycles. The molecular formula is C17H28N4O. The van der Waals surface area contributed by atoms with E-state index >= 15 is 0 Å². The lowest BCUT2D eigenvalue weighted by molar-refractivity contribution is -0.0144. The summed E-state index contributed by atoms with van der Waals surface area (Å²) in [5.74, 6) is 0.809. The molecule has 2 atom stereocenters. The van der Waals surface area contributed by atoms with Crippen molar-refractivity contribution in [1.82, 2.24) is 19.8 Å². The number of aromatic nitrogens is 2. The van der Waals surface area contributed by atoms with Crippen LogP contribution >= 0.6 is 0 Å². The lowest BCUT2D eigenvalue weighted by Gasteiger charge is -2.41. The van der Waals surface area contributed by atoms with E-state index in [2.05, 4.69) is 19.8 Å². The Balaban J connectivity index is 1.54. The summed E-state index contributed by atoms with van der Waals surface area (Å²) >= 11 is 0. The van der Waals surface area contributed by atoms with Gasteiger partial charge in [-0.05, 0) is 39.3 Å². The van der Waals surface area contributed by atoms with Crippen molar-refractivity contribution in [3.63, 3.8) is 0 Å². The molecule has 122 valence electrons. The zero-order valence-corrected chi connectivity index (χ0v) is 13.6. The number of piperidine rings is 1. The molecule has 3 heterocycles. The van der Waals surface area contributed by atoms with Crippen molar-refractivity contribution in [1.29, 1.82) is 0 Å². The lowest BCUT2D eigenvalue weighted by atomic mass is 9.99. The Morgan fingerprint density at radius 1 is 1.09 bits per heavy atom. The monoisotopic (exact) mass is 304 g/mol. The molecule has 22 heavy (non-hydrogen) atoms. The fraction of sp³-hybridized carbons (Fsp3) is 0.765. The van der Waals surface area contributed by atoms with Gasteiger partial charge in [0.1, 0.15) is 5.82 Å². The Bertz CT molecular complexity index is 456. The highest BCUT2D eigenvalue weighted by molar-refractivity contribution is 5.05. The zero-order valence-electron chi connectivity index (χ0n) is 13.6. The normalized spacial score (nSPS) is 28.5. The molecule has 1 N–H and O–H groups in total. The van der Waals surface area contributed by atoms with Gasteiger partial charge in [-0.15, -0.1) is 0 Å². The molecule has 2 saturated heterocycles. The molecule has 0 aromatic carbocycles. The molecule has 5 heteroatoms. The van der Waals surface area contributed by atoms with Gasteiger partial charge in [0.2, 0.25) is 0 Å². The maximum atomic E-state index is 10.6. The van der Waals surface area contributed by atoms with Crippen LogP contribution in [0.5, 0.6) is 0 Å². The van der Waals surface area contributed by atoms with Crippen LogP contribution in [0, 0.1) is 6.92 Å². The second kappa shape index (κ2) is 7.49. The summed E-state index contributed by atoms with van der Waals surface area (Å²) in [6.45, 7) is 6.87. The zero-order chi connectivity index (χ0) is 15.4. The molecule has 0 unspecified atom stereocenters. The quantitative estimate of drug-likeness (QED) is 0.919. The number of aliphatic hydroxyl groups excluding tert-OH is 1. The van der Waals surface area contributed by atoms with Crippen LogP contribution in [0.1, 0.15) is 43.5 Å². The van der Waals surface area contributed by atoms with Crippen LogP contribution in [0.25, 0.3) is 0 Å². The van der Waals surface area contributed by atoms with E-state index in [1.165, 1.54) is 25.7 Å². The van der Waals surface area contributed by atoms with Crippen LogP contribution in [0.3, 0.4) is 0 Å². The molecule has 3 rings (SSSR count). The van der Waals surface area contributed by atoms with Gasteiger partial charge in [0.05, 0.1) is 6.10 Å². The van der Waals surface area contributed by atoms with Crippen molar-refractivity contribution in [2.24, 2.45) is 0 Å². The SMILES string of the molecule is Cc1ncc(CN2CC[C@@H](N3CCCCCC3)[C@H](O)C2)cn1. The van der Waals surface area contributed by atoms with E-state index in [4.69, 9.17) is 0 Å². The van der Waals surface area contributed by atoms with Crippen LogP contribution in [-0.2, 0) is 6.54 Å². The van der Waals surface area contributed by atoms with E-state index < -0.39 is 0 Å². The van der Waals surface area contributed by atoms with Gasteiger partial charge in [0.15, 0.2) is 0 Å². The van der Waals surface area contributed by atoms with Crippen molar-refractivity contribution >= 4 is 0 Å². The van der Waals surface area contributed by atoms with Crippen molar-refractivity contribution in [3.05, 3.63) is 23.8 Å². The van der Waals surface area contributed by atoms with Crippen LogP contribution in [-0.4, -0.2) is 63.2 Å². The van der Waals surface area contributed by atoms with E-state index in [0.29, 0.717) is 6.04 Å². The Hall–Kier alpha value is -1.04. The van der Waals surface area contributed by atoms with Gasteiger partial charge < -0.3 is 5.11 Å². The third kappa shape index (κ3) is 4.03. The summed E-state index contributed by atoms with van der Waals surface area (Å²) in [5, 5.41) is 10.6. The number of rotatable bonds is 3. The van der Waals surface area contributed by atoms with E-state index in [1.807, 2.05) is 19.3 Å². The molecular weight excluding hydrogens is 276 g/mol. The maximum absolute atomic E-state index is 10.6. The molecule has 0 amide bonds. The predicted octanol–water partition coefficient (Wildman–Crippen LogP) is 1.60. The van der Waals surface area contributed by atoms with Gasteiger partial charge in [-0.1, -0.05) is 12.8 Å². The largest absolute Gasteiger partial charge is 0.390 e. The first kappa shape index (κ1) is 15.8. The first-order valence-corrected chi connectivity index (χ1v) is 8.64. The van der Waals surface area contributed by atoms with Gasteiger partial charge in [0.25, 0.3) is 0 Å². The highest BCUT2D eigenvalue weighted by atomic mass is 16.3. The fourth-order valence-corrected chi connectivity index (χ4v) is 3.74. The molecule has 1 aromatic rings. The van der Waals surface area contributed by atoms with Crippen LogP contribution in [0.2, 0.25) is 0 Å². The van der Waals surface area contributed by atoms with Gasteiger partial charge in [-0.3, -0.25) is 9.80 Å². The minimum Gasteiger partial charge on any atom is -0.390 e. The molecule has 0 radical (unpaired) electrons. The Labute approximate surface area is 133 Å². The highest BCUT2D eigenvalue weighted by Gasteiger charge is 2.32. The number of aryl methyl sites for hydroxylation is 1. The average Bonchev–Trinajstić information content (AvgIpc) is 2.79. The first-order valence-electron chi connectivity index (χ1n) is 8.64. The minimum absolute atomic E-state index is 0.238. The first-order chi connectivity index (χ1) is 10.7. The average molecular weight is 304 g/mol. The second-order valence-electron chi connectivity index (χ2n) is 6.75. The van der Waals surface area contributed by atoms with E-state index in [-0.39, 0.29) is 6.10 Å². The van der Waals surface area contributed by atoms with Crippen molar-refractivity contribution in [3.8, 4) is 0 Å².